The minimum atomic E-state index is -0.241. The summed E-state index contributed by atoms with van der Waals surface area (Å²) in [6, 6.07) is 14.5. The van der Waals surface area contributed by atoms with E-state index in [1.165, 1.54) is 37.8 Å². The molecule has 1 fully saturated rings. The van der Waals surface area contributed by atoms with E-state index in [0.717, 1.165) is 30.2 Å². The molecular formula is C22H28FNO3. The molecular weight excluding hydrogens is 345 g/mol. The van der Waals surface area contributed by atoms with Gasteiger partial charge in [-0.1, -0.05) is 25.0 Å². The van der Waals surface area contributed by atoms with Crippen LogP contribution in [0.3, 0.4) is 0 Å². The van der Waals surface area contributed by atoms with E-state index >= 15 is 0 Å². The van der Waals surface area contributed by atoms with Gasteiger partial charge in [0.25, 0.3) is 0 Å². The second-order valence-corrected chi connectivity index (χ2v) is 6.78. The third-order valence-electron chi connectivity index (χ3n) is 4.67. The van der Waals surface area contributed by atoms with Gasteiger partial charge < -0.3 is 19.5 Å². The van der Waals surface area contributed by atoms with Crippen LogP contribution in [0.2, 0.25) is 0 Å². The molecule has 0 bridgehead atoms. The van der Waals surface area contributed by atoms with Crippen LogP contribution in [0.1, 0.15) is 31.2 Å². The molecule has 27 heavy (non-hydrogen) atoms. The molecule has 146 valence electrons. The van der Waals surface area contributed by atoms with Gasteiger partial charge in [-0.05, 0) is 54.8 Å². The van der Waals surface area contributed by atoms with Crippen molar-refractivity contribution in [2.45, 2.75) is 38.3 Å². The second-order valence-electron chi connectivity index (χ2n) is 6.78. The first-order valence-electron chi connectivity index (χ1n) is 9.71. The van der Waals surface area contributed by atoms with E-state index in [1.807, 2.05) is 24.3 Å². The maximum Gasteiger partial charge on any atom is 0.123 e. The molecule has 3 rings (SSSR count). The van der Waals surface area contributed by atoms with E-state index in [4.69, 9.17) is 14.2 Å². The lowest BCUT2D eigenvalue weighted by molar-refractivity contribution is 0.100. The summed E-state index contributed by atoms with van der Waals surface area (Å²) in [6.07, 6.45) is 5.30. The Kier molecular flexibility index (Phi) is 7.93. The Morgan fingerprint density at radius 2 is 1.48 bits per heavy atom. The third-order valence-corrected chi connectivity index (χ3v) is 4.67. The van der Waals surface area contributed by atoms with Crippen LogP contribution in [0.25, 0.3) is 0 Å². The van der Waals surface area contributed by atoms with Crippen molar-refractivity contribution >= 4 is 0 Å². The van der Waals surface area contributed by atoms with Crippen LogP contribution in [0.15, 0.2) is 48.5 Å². The van der Waals surface area contributed by atoms with Crippen LogP contribution in [0.5, 0.6) is 11.5 Å². The summed E-state index contributed by atoms with van der Waals surface area (Å²) in [5, 5.41) is 3.52. The lowest BCUT2D eigenvalue weighted by Gasteiger charge is -2.12. The van der Waals surface area contributed by atoms with Crippen molar-refractivity contribution in [3.63, 3.8) is 0 Å². The van der Waals surface area contributed by atoms with Crippen molar-refractivity contribution < 1.29 is 18.6 Å². The van der Waals surface area contributed by atoms with E-state index in [0.29, 0.717) is 25.9 Å². The Labute approximate surface area is 160 Å². The van der Waals surface area contributed by atoms with Gasteiger partial charge in [0.05, 0.1) is 13.2 Å². The lowest BCUT2D eigenvalue weighted by atomic mass is 10.2. The van der Waals surface area contributed by atoms with Crippen molar-refractivity contribution in [1.29, 1.82) is 0 Å². The Morgan fingerprint density at radius 3 is 2.19 bits per heavy atom. The number of halogens is 1. The molecule has 0 amide bonds. The molecule has 1 saturated carbocycles. The average molecular weight is 373 g/mol. The zero-order valence-electron chi connectivity index (χ0n) is 15.7. The van der Waals surface area contributed by atoms with Gasteiger partial charge in [-0.3, -0.25) is 0 Å². The van der Waals surface area contributed by atoms with Gasteiger partial charge in [0.15, 0.2) is 0 Å². The summed E-state index contributed by atoms with van der Waals surface area (Å²) in [6.45, 7) is 3.14. The van der Waals surface area contributed by atoms with Crippen LogP contribution < -0.4 is 14.8 Å². The monoisotopic (exact) mass is 373 g/mol. The highest BCUT2D eigenvalue weighted by Crippen LogP contribution is 2.19. The topological polar surface area (TPSA) is 39.7 Å². The molecule has 1 N–H and O–H groups in total. The molecule has 0 unspecified atom stereocenters. The first-order chi connectivity index (χ1) is 13.3. The zero-order valence-corrected chi connectivity index (χ0v) is 15.7. The molecule has 0 spiro atoms. The molecule has 1 aliphatic carbocycles. The minimum Gasteiger partial charge on any atom is -0.491 e. The highest BCUT2D eigenvalue weighted by Gasteiger charge is 2.13. The molecule has 0 saturated heterocycles. The Balaban J connectivity index is 1.25. The van der Waals surface area contributed by atoms with Gasteiger partial charge in [-0.15, -0.1) is 0 Å². The summed E-state index contributed by atoms with van der Waals surface area (Å²) in [7, 11) is 0. The Morgan fingerprint density at radius 1 is 0.815 bits per heavy atom. The van der Waals surface area contributed by atoms with E-state index in [1.54, 1.807) is 12.1 Å². The fourth-order valence-corrected chi connectivity index (χ4v) is 3.17. The first-order valence-corrected chi connectivity index (χ1v) is 9.71. The van der Waals surface area contributed by atoms with Gasteiger partial charge in [-0.2, -0.15) is 0 Å². The summed E-state index contributed by atoms with van der Waals surface area (Å²) < 4.78 is 29.8. The fraction of sp³-hybridized carbons (Fsp3) is 0.455. The SMILES string of the molecule is Fc1ccc(COc2ccc(OCCOCCNC3CCCC3)cc2)cc1. The summed E-state index contributed by atoms with van der Waals surface area (Å²) in [5.74, 6) is 1.30. The van der Waals surface area contributed by atoms with Crippen LogP contribution in [0, 0.1) is 5.82 Å². The fourth-order valence-electron chi connectivity index (χ4n) is 3.17. The van der Waals surface area contributed by atoms with Crippen LogP contribution in [-0.2, 0) is 11.3 Å². The van der Waals surface area contributed by atoms with Crippen LogP contribution >= 0.6 is 0 Å². The molecule has 2 aromatic rings. The number of hydrogen-bond donors (Lipinski definition) is 1. The second kappa shape index (κ2) is 10.9. The molecule has 0 aliphatic heterocycles. The Hall–Kier alpha value is -2.11. The van der Waals surface area contributed by atoms with Crippen molar-refractivity contribution in [2.24, 2.45) is 0 Å². The normalized spacial score (nSPS) is 14.4. The van der Waals surface area contributed by atoms with E-state index < -0.39 is 0 Å². The number of nitrogens with one attached hydrogen (secondary N) is 1. The molecule has 0 heterocycles. The highest BCUT2D eigenvalue weighted by molar-refractivity contribution is 5.31. The maximum atomic E-state index is 12.9. The number of hydrogen-bond acceptors (Lipinski definition) is 4. The highest BCUT2D eigenvalue weighted by atomic mass is 19.1. The first kappa shape index (κ1) is 19.6. The molecule has 0 atom stereocenters. The zero-order chi connectivity index (χ0) is 18.7. The predicted octanol–water partition coefficient (Wildman–Crippen LogP) is 4.33. The molecule has 5 heteroatoms. The average Bonchev–Trinajstić information content (AvgIpc) is 3.21. The molecule has 1 aliphatic rings. The summed E-state index contributed by atoms with van der Waals surface area (Å²) in [5.41, 5.74) is 0.927. The molecule has 2 aromatic carbocycles. The van der Waals surface area contributed by atoms with Gasteiger partial charge in [0, 0.05) is 12.6 Å². The van der Waals surface area contributed by atoms with Crippen LogP contribution in [-0.4, -0.2) is 32.4 Å². The van der Waals surface area contributed by atoms with Crippen molar-refractivity contribution in [3.05, 3.63) is 59.9 Å². The molecule has 0 aromatic heterocycles. The van der Waals surface area contributed by atoms with Crippen molar-refractivity contribution in [2.75, 3.05) is 26.4 Å². The number of rotatable bonds is 11. The largest absolute Gasteiger partial charge is 0.491 e. The van der Waals surface area contributed by atoms with Crippen LogP contribution in [0.4, 0.5) is 4.39 Å². The van der Waals surface area contributed by atoms with Crippen molar-refractivity contribution in [1.82, 2.24) is 5.32 Å². The van der Waals surface area contributed by atoms with Gasteiger partial charge in [-0.25, -0.2) is 4.39 Å². The quantitative estimate of drug-likeness (QED) is 0.595. The molecule has 4 nitrogen and oxygen atoms in total. The number of ether oxygens (including phenoxy) is 3. The van der Waals surface area contributed by atoms with Gasteiger partial charge >= 0.3 is 0 Å². The minimum absolute atomic E-state index is 0.241. The smallest absolute Gasteiger partial charge is 0.123 e. The van der Waals surface area contributed by atoms with E-state index in [-0.39, 0.29) is 5.82 Å². The van der Waals surface area contributed by atoms with Gasteiger partial charge in [0.2, 0.25) is 0 Å². The van der Waals surface area contributed by atoms with Gasteiger partial charge in [0.1, 0.15) is 30.5 Å². The lowest BCUT2D eigenvalue weighted by Crippen LogP contribution is -2.29. The summed E-state index contributed by atoms with van der Waals surface area (Å²) >= 11 is 0. The third kappa shape index (κ3) is 7.19. The predicted molar refractivity (Wildman–Crippen MR) is 104 cm³/mol. The van der Waals surface area contributed by atoms with E-state index in [9.17, 15) is 4.39 Å². The van der Waals surface area contributed by atoms with E-state index in [2.05, 4.69) is 5.32 Å². The summed E-state index contributed by atoms with van der Waals surface area (Å²) in [4.78, 5) is 0. The van der Waals surface area contributed by atoms with Crippen molar-refractivity contribution in [3.8, 4) is 11.5 Å². The molecule has 0 radical (unpaired) electrons. The standard InChI is InChI=1S/C22H28FNO3/c23-19-7-5-18(6-8-19)17-27-22-11-9-21(10-12-22)26-16-15-25-14-13-24-20-3-1-2-4-20/h5-12,20,24H,1-4,13-17H2. The Bertz CT molecular complexity index is 654. The number of benzene rings is 2. The maximum absolute atomic E-state index is 12.9.